The van der Waals surface area contributed by atoms with Crippen LogP contribution in [0.15, 0.2) is 0 Å². The summed E-state index contributed by atoms with van der Waals surface area (Å²) >= 11 is 0. The molecule has 8 heavy (non-hydrogen) atoms. The third kappa shape index (κ3) is 1.16. The molecular weight excluding hydrogens is 110 g/mol. The van der Waals surface area contributed by atoms with E-state index in [1.54, 1.807) is 0 Å². The van der Waals surface area contributed by atoms with Crippen LogP contribution in [-0.4, -0.2) is 23.3 Å². The standard InChI is InChI=1S/C4H9NO3/c1-4-2-5(6,7)8-3-4/h4,6H,2-3H2,1H3. The lowest BCUT2D eigenvalue weighted by Crippen LogP contribution is -2.33. The number of rotatable bonds is 0. The summed E-state index contributed by atoms with van der Waals surface area (Å²) in [5.74, 6) is 0.178. The molecule has 2 atom stereocenters. The normalized spacial score (nSPS) is 47.6. The third-order valence-corrected chi connectivity index (χ3v) is 1.10. The molecule has 4 heteroatoms. The maximum absolute atomic E-state index is 10.4. The van der Waals surface area contributed by atoms with Crippen molar-refractivity contribution >= 4 is 0 Å². The monoisotopic (exact) mass is 119 g/mol. The van der Waals surface area contributed by atoms with E-state index >= 15 is 0 Å². The van der Waals surface area contributed by atoms with Gasteiger partial charge in [-0.3, -0.25) is 0 Å². The highest BCUT2D eigenvalue weighted by Crippen LogP contribution is 2.15. The highest BCUT2D eigenvalue weighted by atomic mass is 17.1. The molecule has 0 radical (unpaired) electrons. The van der Waals surface area contributed by atoms with E-state index < -0.39 is 4.97 Å². The number of hydrogen-bond donors (Lipinski definition) is 1. The van der Waals surface area contributed by atoms with Crippen molar-refractivity contribution in [2.75, 3.05) is 13.2 Å². The molecule has 1 N–H and O–H groups in total. The van der Waals surface area contributed by atoms with E-state index in [-0.39, 0.29) is 12.5 Å². The van der Waals surface area contributed by atoms with Gasteiger partial charge in [-0.1, -0.05) is 11.9 Å². The fourth-order valence-electron chi connectivity index (χ4n) is 0.743. The van der Waals surface area contributed by atoms with Crippen molar-refractivity contribution in [1.29, 1.82) is 0 Å². The number of nitrogens with zero attached hydrogens (tertiary/aromatic N) is 1. The van der Waals surface area contributed by atoms with E-state index in [2.05, 4.69) is 4.84 Å². The minimum Gasteiger partial charge on any atom is -0.564 e. The first kappa shape index (κ1) is 5.97. The summed E-state index contributed by atoms with van der Waals surface area (Å²) < 4.78 is 0. The topological polar surface area (TPSA) is 52.5 Å². The second kappa shape index (κ2) is 1.66. The van der Waals surface area contributed by atoms with Gasteiger partial charge in [-0.25, -0.2) is 0 Å². The minimum absolute atomic E-state index is 0.153. The summed E-state index contributed by atoms with van der Waals surface area (Å²) in [6, 6.07) is 0. The zero-order valence-electron chi connectivity index (χ0n) is 4.70. The highest BCUT2D eigenvalue weighted by Gasteiger charge is 2.29. The van der Waals surface area contributed by atoms with Gasteiger partial charge in [-0.2, -0.15) is 10.0 Å². The van der Waals surface area contributed by atoms with Gasteiger partial charge in [-0.05, 0) is 0 Å². The molecule has 1 fully saturated rings. The van der Waals surface area contributed by atoms with Crippen LogP contribution >= 0.6 is 0 Å². The Hall–Kier alpha value is -0.160. The van der Waals surface area contributed by atoms with Crippen LogP contribution in [0.5, 0.6) is 0 Å². The summed E-state index contributed by atoms with van der Waals surface area (Å²) in [5.41, 5.74) is 0. The van der Waals surface area contributed by atoms with Gasteiger partial charge in [0, 0.05) is 5.92 Å². The summed E-state index contributed by atoms with van der Waals surface area (Å²) in [7, 11) is 0. The third-order valence-electron chi connectivity index (χ3n) is 1.10. The molecule has 1 aliphatic heterocycles. The lowest BCUT2D eigenvalue weighted by Gasteiger charge is -2.22. The molecule has 1 aliphatic rings. The second-order valence-electron chi connectivity index (χ2n) is 2.22. The van der Waals surface area contributed by atoms with Gasteiger partial charge in [0.2, 0.25) is 0 Å². The Morgan fingerprint density at radius 3 is 2.62 bits per heavy atom. The van der Waals surface area contributed by atoms with E-state index in [9.17, 15) is 5.21 Å². The van der Waals surface area contributed by atoms with Crippen LogP contribution in [0, 0.1) is 11.1 Å². The Morgan fingerprint density at radius 2 is 2.50 bits per heavy atom. The molecule has 1 heterocycles. The quantitative estimate of drug-likeness (QED) is 0.368. The molecule has 48 valence electrons. The molecule has 1 saturated heterocycles. The van der Waals surface area contributed by atoms with Crippen molar-refractivity contribution in [3.8, 4) is 0 Å². The summed E-state index contributed by atoms with van der Waals surface area (Å²) in [4.78, 5) is 2.88. The second-order valence-corrected chi connectivity index (χ2v) is 2.22. The van der Waals surface area contributed by atoms with Gasteiger partial charge in [0.15, 0.2) is 0 Å². The maximum atomic E-state index is 10.4. The average Bonchev–Trinajstić information content (AvgIpc) is 1.82. The molecule has 0 aromatic carbocycles. The molecule has 2 unspecified atom stereocenters. The van der Waals surface area contributed by atoms with Crippen LogP contribution in [0.4, 0.5) is 0 Å². The van der Waals surface area contributed by atoms with E-state index in [1.165, 1.54) is 0 Å². The SMILES string of the molecule is CC1CO[N+]([O-])(O)C1. The molecule has 0 aliphatic carbocycles. The minimum atomic E-state index is -1.51. The van der Waals surface area contributed by atoms with E-state index in [0.717, 1.165) is 0 Å². The van der Waals surface area contributed by atoms with E-state index in [0.29, 0.717) is 6.61 Å². The molecule has 4 nitrogen and oxygen atoms in total. The largest absolute Gasteiger partial charge is 0.564 e. The molecular formula is C4H9NO3. The lowest BCUT2D eigenvalue weighted by atomic mass is 10.2. The van der Waals surface area contributed by atoms with Crippen LogP contribution in [0.2, 0.25) is 0 Å². The van der Waals surface area contributed by atoms with Crippen LogP contribution in [0.1, 0.15) is 6.92 Å². The van der Waals surface area contributed by atoms with Crippen molar-refractivity contribution in [2.45, 2.75) is 6.92 Å². The summed E-state index contributed by atoms with van der Waals surface area (Å²) in [5, 5.41) is 18.9. The molecule has 1 rings (SSSR count). The Labute approximate surface area is 47.4 Å². The highest BCUT2D eigenvalue weighted by molar-refractivity contribution is 4.49. The maximum Gasteiger partial charge on any atom is 0.147 e. The molecule has 0 amide bonds. The summed E-state index contributed by atoms with van der Waals surface area (Å²) in [6.07, 6.45) is 0. The van der Waals surface area contributed by atoms with Gasteiger partial charge in [0.05, 0.1) is 0 Å². The number of hydrogen-bond acceptors (Lipinski definition) is 3. The van der Waals surface area contributed by atoms with E-state index in [1.807, 2.05) is 6.92 Å². The molecule has 0 saturated carbocycles. The van der Waals surface area contributed by atoms with Gasteiger partial charge in [-0.15, -0.1) is 0 Å². The smallest absolute Gasteiger partial charge is 0.147 e. The van der Waals surface area contributed by atoms with Crippen molar-refractivity contribution in [1.82, 2.24) is 0 Å². The average molecular weight is 119 g/mol. The van der Waals surface area contributed by atoms with Gasteiger partial charge in [0.25, 0.3) is 0 Å². The molecule has 0 aromatic rings. The first-order valence-corrected chi connectivity index (χ1v) is 2.56. The first-order valence-electron chi connectivity index (χ1n) is 2.56. The van der Waals surface area contributed by atoms with Crippen LogP contribution in [0.3, 0.4) is 0 Å². The van der Waals surface area contributed by atoms with Crippen molar-refractivity contribution in [3.63, 3.8) is 0 Å². The fraction of sp³-hybridized carbons (Fsp3) is 1.00. The van der Waals surface area contributed by atoms with Gasteiger partial charge < -0.3 is 5.21 Å². The van der Waals surface area contributed by atoms with Crippen LogP contribution in [0.25, 0.3) is 0 Å². The van der Waals surface area contributed by atoms with Crippen LogP contribution < -0.4 is 0 Å². The molecule has 0 bridgehead atoms. The molecule has 0 aromatic heterocycles. The number of quaternary nitrogens is 1. The predicted octanol–water partition coefficient (Wildman–Crippen LogP) is 0.272. The number of hydroxylamine groups is 3. The summed E-state index contributed by atoms with van der Waals surface area (Å²) in [6.45, 7) is 2.37. The predicted molar refractivity (Wildman–Crippen MR) is 25.4 cm³/mol. The Morgan fingerprint density at radius 1 is 1.88 bits per heavy atom. The van der Waals surface area contributed by atoms with Gasteiger partial charge in [0.1, 0.15) is 13.2 Å². The van der Waals surface area contributed by atoms with Crippen molar-refractivity contribution in [3.05, 3.63) is 5.21 Å². The van der Waals surface area contributed by atoms with Crippen molar-refractivity contribution < 1.29 is 15.0 Å². The molecule has 0 spiro atoms. The fourth-order valence-corrected chi connectivity index (χ4v) is 0.743. The van der Waals surface area contributed by atoms with E-state index in [4.69, 9.17) is 5.21 Å². The zero-order chi connectivity index (χ0) is 6.20. The lowest BCUT2D eigenvalue weighted by molar-refractivity contribution is -1.20. The Balaban J connectivity index is 2.44. The van der Waals surface area contributed by atoms with Gasteiger partial charge >= 0.3 is 0 Å². The zero-order valence-corrected chi connectivity index (χ0v) is 4.70. The van der Waals surface area contributed by atoms with Crippen LogP contribution in [-0.2, 0) is 4.84 Å². The first-order chi connectivity index (χ1) is 3.60. The Kier molecular flexibility index (Phi) is 1.24. The Bertz CT molecular complexity index is 93.3. The van der Waals surface area contributed by atoms with Crippen molar-refractivity contribution in [2.24, 2.45) is 5.92 Å².